The summed E-state index contributed by atoms with van der Waals surface area (Å²) < 4.78 is 14.7. The zero-order valence-corrected chi connectivity index (χ0v) is 10.8. The Balaban J connectivity index is 1.83. The van der Waals surface area contributed by atoms with Crippen molar-refractivity contribution >= 4 is 11.6 Å². The van der Waals surface area contributed by atoms with Gasteiger partial charge in [-0.05, 0) is 24.3 Å². The maximum absolute atomic E-state index is 13.1. The average Bonchev–Trinajstić information content (AvgIpc) is 3.02. The summed E-state index contributed by atoms with van der Waals surface area (Å²) in [6.07, 6.45) is 6.26. The molecule has 2 heterocycles. The lowest BCUT2D eigenvalue weighted by Gasteiger charge is -2.06. The molecule has 0 aliphatic carbocycles. The van der Waals surface area contributed by atoms with Crippen LogP contribution >= 0.6 is 0 Å². The molecule has 0 bridgehead atoms. The summed E-state index contributed by atoms with van der Waals surface area (Å²) >= 11 is 0. The van der Waals surface area contributed by atoms with E-state index < -0.39 is 11.7 Å². The molecule has 21 heavy (non-hydrogen) atoms. The lowest BCUT2D eigenvalue weighted by Crippen LogP contribution is -2.15. The van der Waals surface area contributed by atoms with E-state index in [0.29, 0.717) is 11.6 Å². The van der Waals surface area contributed by atoms with Gasteiger partial charge >= 0.3 is 0 Å². The Bertz CT molecular complexity index is 773. The number of aromatic nitrogens is 4. The first kappa shape index (κ1) is 12.9. The summed E-state index contributed by atoms with van der Waals surface area (Å²) in [4.78, 5) is 24.2. The minimum atomic E-state index is -0.440. The zero-order chi connectivity index (χ0) is 14.7. The number of hydrogen-bond donors (Lipinski definition) is 1. The van der Waals surface area contributed by atoms with E-state index >= 15 is 0 Å². The molecule has 0 fully saturated rings. The molecule has 0 radical (unpaired) electrons. The molecule has 0 aliphatic rings. The van der Waals surface area contributed by atoms with Crippen molar-refractivity contribution in [2.75, 3.05) is 5.32 Å². The van der Waals surface area contributed by atoms with E-state index in [1.54, 1.807) is 23.0 Å². The van der Waals surface area contributed by atoms with Crippen molar-refractivity contribution in [3.63, 3.8) is 0 Å². The van der Waals surface area contributed by atoms with Crippen LogP contribution in [0.2, 0.25) is 0 Å². The van der Waals surface area contributed by atoms with Gasteiger partial charge in [0.2, 0.25) is 5.95 Å². The number of halogens is 1. The van der Waals surface area contributed by atoms with Crippen LogP contribution in [0.5, 0.6) is 0 Å². The van der Waals surface area contributed by atoms with Crippen molar-refractivity contribution in [2.45, 2.75) is 0 Å². The molecule has 0 spiro atoms. The summed E-state index contributed by atoms with van der Waals surface area (Å²) in [5.41, 5.74) is 0.542. The first-order valence-electron chi connectivity index (χ1n) is 6.11. The first-order valence-corrected chi connectivity index (χ1v) is 6.11. The Labute approximate surface area is 119 Å². The number of nitrogens with zero attached hydrogens (tertiary/aromatic N) is 4. The monoisotopic (exact) mass is 283 g/mol. The van der Waals surface area contributed by atoms with Gasteiger partial charge in [0.25, 0.3) is 5.91 Å². The van der Waals surface area contributed by atoms with Crippen LogP contribution < -0.4 is 5.32 Å². The van der Waals surface area contributed by atoms with E-state index in [-0.39, 0.29) is 5.69 Å². The van der Waals surface area contributed by atoms with Gasteiger partial charge in [0.05, 0.1) is 0 Å². The SMILES string of the molecule is O=C(Nc1cccc(F)c1)c1ccnc(-n2ccnc2)n1. The van der Waals surface area contributed by atoms with Gasteiger partial charge in [-0.25, -0.2) is 19.3 Å². The van der Waals surface area contributed by atoms with E-state index in [2.05, 4.69) is 20.3 Å². The van der Waals surface area contributed by atoms with Gasteiger partial charge in [-0.15, -0.1) is 0 Å². The first-order chi connectivity index (χ1) is 10.2. The van der Waals surface area contributed by atoms with Gasteiger partial charge in [0.15, 0.2) is 0 Å². The van der Waals surface area contributed by atoms with Crippen molar-refractivity contribution in [3.05, 3.63) is 66.8 Å². The highest BCUT2D eigenvalue weighted by Crippen LogP contribution is 2.11. The average molecular weight is 283 g/mol. The minimum Gasteiger partial charge on any atom is -0.321 e. The third-order valence-electron chi connectivity index (χ3n) is 2.69. The fraction of sp³-hybridized carbons (Fsp3) is 0. The zero-order valence-electron chi connectivity index (χ0n) is 10.8. The second-order valence-corrected chi connectivity index (χ2v) is 4.18. The van der Waals surface area contributed by atoms with E-state index in [0.717, 1.165) is 0 Å². The smallest absolute Gasteiger partial charge is 0.274 e. The summed E-state index contributed by atoms with van der Waals surface area (Å²) in [7, 11) is 0. The summed E-state index contributed by atoms with van der Waals surface area (Å²) in [5, 5.41) is 2.58. The molecule has 3 rings (SSSR count). The number of nitrogens with one attached hydrogen (secondary N) is 1. The Kier molecular flexibility index (Phi) is 3.38. The molecule has 0 atom stereocenters. The molecule has 7 heteroatoms. The van der Waals surface area contributed by atoms with Crippen molar-refractivity contribution in [1.29, 1.82) is 0 Å². The van der Waals surface area contributed by atoms with Crippen molar-refractivity contribution in [1.82, 2.24) is 19.5 Å². The number of benzene rings is 1. The van der Waals surface area contributed by atoms with E-state index in [4.69, 9.17) is 0 Å². The Morgan fingerprint density at radius 3 is 2.90 bits per heavy atom. The van der Waals surface area contributed by atoms with Crippen molar-refractivity contribution in [3.8, 4) is 5.95 Å². The standard InChI is InChI=1S/C14H10FN5O/c15-10-2-1-3-11(8-10)18-13(21)12-4-5-17-14(19-12)20-7-6-16-9-20/h1-9H,(H,18,21). The van der Waals surface area contributed by atoms with Gasteiger partial charge in [-0.2, -0.15) is 0 Å². The Morgan fingerprint density at radius 1 is 1.24 bits per heavy atom. The lowest BCUT2D eigenvalue weighted by atomic mass is 10.3. The van der Waals surface area contributed by atoms with Gasteiger partial charge < -0.3 is 5.32 Å². The third-order valence-corrected chi connectivity index (χ3v) is 2.69. The number of hydrogen-bond acceptors (Lipinski definition) is 4. The van der Waals surface area contributed by atoms with Crippen LogP contribution in [-0.2, 0) is 0 Å². The molecule has 1 aromatic carbocycles. The number of imidazole rings is 1. The fourth-order valence-electron chi connectivity index (χ4n) is 1.74. The van der Waals surface area contributed by atoms with E-state index in [1.807, 2.05) is 0 Å². The van der Waals surface area contributed by atoms with Crippen LogP contribution in [-0.4, -0.2) is 25.4 Å². The molecule has 2 aromatic heterocycles. The fourth-order valence-corrected chi connectivity index (χ4v) is 1.74. The van der Waals surface area contributed by atoms with Crippen molar-refractivity contribution in [2.24, 2.45) is 0 Å². The second-order valence-electron chi connectivity index (χ2n) is 4.18. The van der Waals surface area contributed by atoms with E-state index in [9.17, 15) is 9.18 Å². The molecule has 1 amide bonds. The molecular formula is C14H10FN5O. The highest BCUT2D eigenvalue weighted by molar-refractivity contribution is 6.02. The third kappa shape index (κ3) is 2.92. The van der Waals surface area contributed by atoms with Crippen LogP contribution in [0.1, 0.15) is 10.5 Å². The van der Waals surface area contributed by atoms with Crippen LogP contribution in [0.3, 0.4) is 0 Å². The highest BCUT2D eigenvalue weighted by atomic mass is 19.1. The summed E-state index contributed by atoms with van der Waals surface area (Å²) in [5.74, 6) is -0.529. The topological polar surface area (TPSA) is 72.7 Å². The molecule has 3 aromatic rings. The maximum atomic E-state index is 13.1. The quantitative estimate of drug-likeness (QED) is 0.798. The molecular weight excluding hydrogens is 273 g/mol. The Morgan fingerprint density at radius 2 is 2.14 bits per heavy atom. The number of rotatable bonds is 3. The number of amides is 1. The van der Waals surface area contributed by atoms with E-state index in [1.165, 1.54) is 36.8 Å². The van der Waals surface area contributed by atoms with Crippen LogP contribution in [0.15, 0.2) is 55.2 Å². The summed E-state index contributed by atoms with van der Waals surface area (Å²) in [6.45, 7) is 0. The second kappa shape index (κ2) is 5.49. The lowest BCUT2D eigenvalue weighted by molar-refractivity contribution is 0.102. The number of carbonyl (C=O) groups is 1. The summed E-state index contributed by atoms with van der Waals surface area (Å²) in [6, 6.07) is 7.13. The molecule has 1 N–H and O–H groups in total. The Hall–Kier alpha value is -3.09. The van der Waals surface area contributed by atoms with Gasteiger partial charge in [0, 0.05) is 24.3 Å². The van der Waals surface area contributed by atoms with Crippen LogP contribution in [0, 0.1) is 5.82 Å². The largest absolute Gasteiger partial charge is 0.321 e. The van der Waals surface area contributed by atoms with Gasteiger partial charge in [-0.1, -0.05) is 6.07 Å². The molecule has 6 nitrogen and oxygen atoms in total. The normalized spacial score (nSPS) is 10.3. The highest BCUT2D eigenvalue weighted by Gasteiger charge is 2.10. The number of anilines is 1. The predicted octanol–water partition coefficient (Wildman–Crippen LogP) is 2.05. The van der Waals surface area contributed by atoms with Crippen molar-refractivity contribution < 1.29 is 9.18 Å². The molecule has 0 saturated heterocycles. The van der Waals surface area contributed by atoms with Gasteiger partial charge in [-0.3, -0.25) is 9.36 Å². The van der Waals surface area contributed by atoms with Gasteiger partial charge in [0.1, 0.15) is 17.8 Å². The maximum Gasteiger partial charge on any atom is 0.274 e. The molecule has 0 aliphatic heterocycles. The molecule has 104 valence electrons. The molecule has 0 unspecified atom stereocenters. The molecule has 0 saturated carbocycles. The van der Waals surface area contributed by atoms with Crippen LogP contribution in [0.25, 0.3) is 5.95 Å². The predicted molar refractivity (Wildman–Crippen MR) is 73.5 cm³/mol. The van der Waals surface area contributed by atoms with Crippen LogP contribution in [0.4, 0.5) is 10.1 Å². The number of carbonyl (C=O) groups excluding carboxylic acids is 1. The minimum absolute atomic E-state index is 0.179.